The molecule has 0 aliphatic carbocycles. The summed E-state index contributed by atoms with van der Waals surface area (Å²) in [5.74, 6) is 0.592. The molecule has 1 heterocycles. The molecule has 0 saturated carbocycles. The normalized spacial score (nSPS) is 16.3. The van der Waals surface area contributed by atoms with Gasteiger partial charge in [0.15, 0.2) is 0 Å². The maximum Gasteiger partial charge on any atom is 0.243 e. The monoisotopic (exact) mass is 438 g/mol. The topological polar surface area (TPSA) is 92.8 Å². The molecule has 1 fully saturated rings. The minimum Gasteiger partial charge on any atom is -0.496 e. The van der Waals surface area contributed by atoms with E-state index in [1.807, 2.05) is 0 Å². The average Bonchev–Trinajstić information content (AvgIpc) is 3.03. The fraction of sp³-hybridized carbons (Fsp3) is 0.400. The molecule has 2 aromatic carbocycles. The van der Waals surface area contributed by atoms with Gasteiger partial charge in [-0.2, -0.15) is 4.31 Å². The molecule has 0 atom stereocenters. The second-order valence-electron chi connectivity index (χ2n) is 6.93. The molecule has 0 bridgehead atoms. The van der Waals surface area contributed by atoms with Crippen LogP contribution in [-0.2, 0) is 26.6 Å². The van der Waals surface area contributed by atoms with E-state index < -0.39 is 20.0 Å². The van der Waals surface area contributed by atoms with E-state index >= 15 is 0 Å². The number of sulfonamides is 2. The molecule has 0 radical (unpaired) electrons. The van der Waals surface area contributed by atoms with E-state index in [1.165, 1.54) is 35.7 Å². The summed E-state index contributed by atoms with van der Waals surface area (Å²) in [5.41, 5.74) is 0.707. The van der Waals surface area contributed by atoms with Gasteiger partial charge >= 0.3 is 0 Å². The minimum atomic E-state index is -3.79. The molecular formula is C20H26N2O5S2. The Bertz CT molecular complexity index is 1030. The van der Waals surface area contributed by atoms with E-state index in [1.54, 1.807) is 24.3 Å². The van der Waals surface area contributed by atoms with Crippen LogP contribution in [0.15, 0.2) is 58.3 Å². The number of ether oxygens (including phenoxy) is 1. The molecule has 3 rings (SSSR count). The molecule has 0 unspecified atom stereocenters. The molecule has 0 aromatic heterocycles. The van der Waals surface area contributed by atoms with Gasteiger partial charge < -0.3 is 4.74 Å². The second-order valence-corrected chi connectivity index (χ2v) is 10.6. The largest absolute Gasteiger partial charge is 0.496 e. The summed E-state index contributed by atoms with van der Waals surface area (Å²) in [7, 11) is -5.88. The van der Waals surface area contributed by atoms with Crippen LogP contribution in [0.1, 0.15) is 31.2 Å². The van der Waals surface area contributed by atoms with Crippen LogP contribution in [0.5, 0.6) is 5.75 Å². The van der Waals surface area contributed by atoms with Crippen molar-refractivity contribution in [2.75, 3.05) is 20.2 Å². The van der Waals surface area contributed by atoms with E-state index in [0.29, 0.717) is 24.4 Å². The molecule has 1 aliphatic rings. The Hall–Kier alpha value is -1.94. The summed E-state index contributed by atoms with van der Waals surface area (Å²) >= 11 is 0. The van der Waals surface area contributed by atoms with Crippen LogP contribution >= 0.6 is 0 Å². The zero-order valence-corrected chi connectivity index (χ0v) is 18.0. The van der Waals surface area contributed by atoms with Gasteiger partial charge in [0.2, 0.25) is 20.0 Å². The quantitative estimate of drug-likeness (QED) is 0.718. The zero-order chi connectivity index (χ0) is 20.9. The molecule has 1 N–H and O–H groups in total. The van der Waals surface area contributed by atoms with Crippen molar-refractivity contribution in [2.24, 2.45) is 0 Å². The summed E-state index contributed by atoms with van der Waals surface area (Å²) in [4.78, 5) is 0.130. The number of nitrogens with one attached hydrogen (secondary N) is 1. The van der Waals surface area contributed by atoms with Gasteiger partial charge in [-0.15, -0.1) is 0 Å². The Morgan fingerprint density at radius 1 is 0.862 bits per heavy atom. The molecule has 9 heteroatoms. The van der Waals surface area contributed by atoms with Gasteiger partial charge in [0.1, 0.15) is 5.75 Å². The summed E-state index contributed by atoms with van der Waals surface area (Å²) in [6.45, 7) is 1.08. The smallest absolute Gasteiger partial charge is 0.243 e. The molecule has 29 heavy (non-hydrogen) atoms. The van der Waals surface area contributed by atoms with Crippen molar-refractivity contribution in [3.05, 3.63) is 54.1 Å². The van der Waals surface area contributed by atoms with Gasteiger partial charge in [-0.3, -0.25) is 0 Å². The first-order valence-corrected chi connectivity index (χ1v) is 12.5. The first-order valence-electron chi connectivity index (χ1n) is 9.56. The lowest BCUT2D eigenvalue weighted by atomic mass is 10.2. The van der Waals surface area contributed by atoms with Crippen LogP contribution in [0.2, 0.25) is 0 Å². The fourth-order valence-electron chi connectivity index (χ4n) is 3.33. The number of para-hydroxylation sites is 1. The van der Waals surface area contributed by atoms with Crippen LogP contribution in [0.25, 0.3) is 0 Å². The molecule has 0 amide bonds. The van der Waals surface area contributed by atoms with Gasteiger partial charge in [-0.1, -0.05) is 31.0 Å². The highest BCUT2D eigenvalue weighted by atomic mass is 32.2. The first-order chi connectivity index (χ1) is 13.8. The Kier molecular flexibility index (Phi) is 6.94. The third-order valence-corrected chi connectivity index (χ3v) is 8.31. The van der Waals surface area contributed by atoms with Crippen molar-refractivity contribution in [1.82, 2.24) is 9.03 Å². The standard InChI is InChI=1S/C20H26N2O5S2/c1-27-20-9-5-4-8-17(20)16-21-28(23,24)18-10-12-19(13-11-18)29(25,26)22-14-6-2-3-7-15-22/h4-5,8-13,21H,2-3,6-7,14-16H2,1H3. The predicted octanol–water partition coefficient (Wildman–Crippen LogP) is 2.74. The van der Waals surface area contributed by atoms with Crippen molar-refractivity contribution in [2.45, 2.75) is 42.0 Å². The lowest BCUT2D eigenvalue weighted by Crippen LogP contribution is -2.32. The number of nitrogens with zero attached hydrogens (tertiary/aromatic N) is 1. The highest BCUT2D eigenvalue weighted by Crippen LogP contribution is 2.22. The van der Waals surface area contributed by atoms with Gasteiger partial charge in [0, 0.05) is 25.2 Å². The third kappa shape index (κ3) is 5.16. The number of benzene rings is 2. The number of hydrogen-bond donors (Lipinski definition) is 1. The van der Waals surface area contributed by atoms with E-state index in [4.69, 9.17) is 4.74 Å². The highest BCUT2D eigenvalue weighted by Gasteiger charge is 2.25. The zero-order valence-electron chi connectivity index (χ0n) is 16.4. The molecule has 0 spiro atoms. The molecule has 1 saturated heterocycles. The van der Waals surface area contributed by atoms with Crippen LogP contribution in [0.4, 0.5) is 0 Å². The van der Waals surface area contributed by atoms with Crippen molar-refractivity contribution < 1.29 is 21.6 Å². The Morgan fingerprint density at radius 2 is 1.45 bits per heavy atom. The molecule has 158 valence electrons. The van der Waals surface area contributed by atoms with E-state index in [-0.39, 0.29) is 16.3 Å². The molecule has 1 aliphatic heterocycles. The molecule has 2 aromatic rings. The third-order valence-electron chi connectivity index (χ3n) is 4.98. The average molecular weight is 439 g/mol. The summed E-state index contributed by atoms with van der Waals surface area (Å²) in [6, 6.07) is 12.5. The Balaban J connectivity index is 1.74. The molecule has 7 nitrogen and oxygen atoms in total. The first kappa shape index (κ1) is 21.8. The van der Waals surface area contributed by atoms with Gasteiger partial charge in [-0.25, -0.2) is 21.6 Å². The highest BCUT2D eigenvalue weighted by molar-refractivity contribution is 7.89. The maximum atomic E-state index is 12.8. The fourth-order valence-corrected chi connectivity index (χ4v) is 5.85. The summed E-state index contributed by atoms with van der Waals surface area (Å²) in [5, 5.41) is 0. The van der Waals surface area contributed by atoms with Crippen molar-refractivity contribution in [1.29, 1.82) is 0 Å². The lowest BCUT2D eigenvalue weighted by Gasteiger charge is -2.20. The van der Waals surface area contributed by atoms with Crippen LogP contribution < -0.4 is 9.46 Å². The van der Waals surface area contributed by atoms with E-state index in [0.717, 1.165) is 25.7 Å². The summed E-state index contributed by atoms with van der Waals surface area (Å²) in [6.07, 6.45) is 3.75. The van der Waals surface area contributed by atoms with Crippen LogP contribution in [0, 0.1) is 0 Å². The lowest BCUT2D eigenvalue weighted by molar-refractivity contribution is 0.409. The number of hydrogen-bond acceptors (Lipinski definition) is 5. The Labute approximate surface area is 172 Å². The second kappa shape index (κ2) is 9.25. The predicted molar refractivity (Wildman–Crippen MR) is 111 cm³/mol. The SMILES string of the molecule is COc1ccccc1CNS(=O)(=O)c1ccc(S(=O)(=O)N2CCCCCC2)cc1. The van der Waals surface area contributed by atoms with E-state index in [9.17, 15) is 16.8 Å². The minimum absolute atomic E-state index is 0.0159. The number of rotatable bonds is 7. The van der Waals surface area contributed by atoms with Crippen LogP contribution in [0.3, 0.4) is 0 Å². The number of methoxy groups -OCH3 is 1. The van der Waals surface area contributed by atoms with Crippen molar-refractivity contribution >= 4 is 20.0 Å². The van der Waals surface area contributed by atoms with Gasteiger partial charge in [0.25, 0.3) is 0 Å². The van der Waals surface area contributed by atoms with Gasteiger partial charge in [0.05, 0.1) is 16.9 Å². The van der Waals surface area contributed by atoms with Crippen LogP contribution in [-0.4, -0.2) is 41.3 Å². The molecular weight excluding hydrogens is 412 g/mol. The van der Waals surface area contributed by atoms with Gasteiger partial charge in [-0.05, 0) is 43.2 Å². The van der Waals surface area contributed by atoms with E-state index in [2.05, 4.69) is 4.72 Å². The maximum absolute atomic E-state index is 12.8. The Morgan fingerprint density at radius 3 is 2.07 bits per heavy atom. The van der Waals surface area contributed by atoms with Crippen molar-refractivity contribution in [3.8, 4) is 5.75 Å². The summed E-state index contributed by atoms with van der Waals surface area (Å²) < 4.78 is 60.1. The van der Waals surface area contributed by atoms with Crippen molar-refractivity contribution in [3.63, 3.8) is 0 Å².